The van der Waals surface area contributed by atoms with Crippen LogP contribution in [0.1, 0.15) is 20.8 Å². The second kappa shape index (κ2) is 5.59. The largest absolute Gasteiger partial charge is 0.444 e. The third kappa shape index (κ3) is 5.44. The number of hydrogen-bond donors (Lipinski definition) is 1. The molecule has 0 atom stereocenters. The molecule has 16 heavy (non-hydrogen) atoms. The Balaban J connectivity index is 2.24. The molecule has 0 aromatic heterocycles. The van der Waals surface area contributed by atoms with Crippen LogP contribution >= 0.6 is 0 Å². The summed E-state index contributed by atoms with van der Waals surface area (Å²) < 4.78 is 5.11. The molecule has 0 aliphatic rings. The first-order chi connectivity index (χ1) is 7.47. The summed E-state index contributed by atoms with van der Waals surface area (Å²) in [4.78, 5) is 11.3. The molecule has 0 aliphatic carbocycles. The molecule has 0 saturated heterocycles. The molecule has 85 valence electrons. The van der Waals surface area contributed by atoms with E-state index in [4.69, 9.17) is 4.74 Å². The maximum atomic E-state index is 11.3. The second-order valence-electron chi connectivity index (χ2n) is 4.50. The number of hydrogen-bond acceptors (Lipinski definition) is 2. The van der Waals surface area contributed by atoms with Gasteiger partial charge in [0.15, 0.2) is 7.28 Å². The Morgan fingerprint density at radius 1 is 1.31 bits per heavy atom. The topological polar surface area (TPSA) is 38.3 Å². The number of nitrogens with one attached hydrogen (secondary N) is 1. The van der Waals surface area contributed by atoms with E-state index in [2.05, 4.69) is 5.32 Å². The monoisotopic (exact) mass is 218 g/mol. The van der Waals surface area contributed by atoms with E-state index < -0.39 is 5.60 Å². The molecule has 0 spiro atoms. The number of amides is 1. The van der Waals surface area contributed by atoms with Crippen molar-refractivity contribution in [3.63, 3.8) is 0 Å². The molecule has 1 N–H and O–H groups in total. The highest BCUT2D eigenvalue weighted by Gasteiger charge is 2.15. The minimum Gasteiger partial charge on any atom is -0.444 e. The van der Waals surface area contributed by atoms with Crippen LogP contribution in [0.3, 0.4) is 0 Å². The molecule has 0 unspecified atom stereocenters. The highest BCUT2D eigenvalue weighted by Crippen LogP contribution is 2.05. The van der Waals surface area contributed by atoms with Crippen LogP contribution in [-0.2, 0) is 4.74 Å². The summed E-state index contributed by atoms with van der Waals surface area (Å²) in [6.07, 6.45) is 0.0820. The third-order valence-electron chi connectivity index (χ3n) is 1.78. The van der Waals surface area contributed by atoms with Crippen LogP contribution in [0.2, 0.25) is 0 Å². The Morgan fingerprint density at radius 3 is 2.50 bits per heavy atom. The fourth-order valence-corrected chi connectivity index (χ4v) is 1.16. The summed E-state index contributed by atoms with van der Waals surface area (Å²) >= 11 is 0. The normalized spacial score (nSPS) is 10.7. The van der Waals surface area contributed by atoms with Crippen molar-refractivity contribution in [3.05, 3.63) is 30.3 Å². The first kappa shape index (κ1) is 12.6. The van der Waals surface area contributed by atoms with E-state index in [0.29, 0.717) is 6.44 Å². The molecular formula is C12H17BNO2. The molecule has 1 rings (SSSR count). The molecule has 1 amide bonds. The Kier molecular flexibility index (Phi) is 4.41. The van der Waals surface area contributed by atoms with E-state index in [9.17, 15) is 4.79 Å². The maximum Gasteiger partial charge on any atom is 0.406 e. The molecule has 0 saturated carbocycles. The molecule has 1 aromatic rings. The minimum atomic E-state index is -0.448. The number of carbonyl (C=O) groups is 1. The van der Waals surface area contributed by atoms with Gasteiger partial charge in [-0.05, 0) is 27.2 Å². The molecule has 4 heteroatoms. The van der Waals surface area contributed by atoms with E-state index in [1.165, 1.54) is 0 Å². The molecule has 0 bridgehead atoms. The van der Waals surface area contributed by atoms with Crippen LogP contribution in [0.4, 0.5) is 4.79 Å². The van der Waals surface area contributed by atoms with Crippen molar-refractivity contribution in [1.82, 2.24) is 5.32 Å². The van der Waals surface area contributed by atoms with Crippen molar-refractivity contribution in [3.8, 4) is 0 Å². The minimum absolute atomic E-state index is 0.389. The number of carbonyl (C=O) groups excluding carboxylic acids is 1. The predicted molar refractivity (Wildman–Crippen MR) is 66.1 cm³/mol. The summed E-state index contributed by atoms with van der Waals surface area (Å²) in [5.41, 5.74) is 0.634. The highest BCUT2D eigenvalue weighted by molar-refractivity contribution is 6.53. The van der Waals surface area contributed by atoms with E-state index in [-0.39, 0.29) is 6.09 Å². The van der Waals surface area contributed by atoms with Crippen molar-refractivity contribution < 1.29 is 9.53 Å². The van der Waals surface area contributed by atoms with Crippen LogP contribution in [-0.4, -0.2) is 25.4 Å². The number of ether oxygens (including phenoxy) is 1. The van der Waals surface area contributed by atoms with Crippen molar-refractivity contribution in [2.45, 2.75) is 26.4 Å². The zero-order chi connectivity index (χ0) is 12.0. The van der Waals surface area contributed by atoms with Crippen molar-refractivity contribution in [2.75, 3.05) is 6.44 Å². The van der Waals surface area contributed by atoms with Gasteiger partial charge in [0.2, 0.25) is 0 Å². The lowest BCUT2D eigenvalue weighted by atomic mass is 9.70. The molecule has 1 aromatic carbocycles. The summed E-state index contributed by atoms with van der Waals surface area (Å²) in [7, 11) is 1.93. The van der Waals surface area contributed by atoms with Gasteiger partial charge in [-0.3, -0.25) is 0 Å². The van der Waals surface area contributed by atoms with Crippen LogP contribution in [0.5, 0.6) is 0 Å². The Labute approximate surface area is 97.4 Å². The number of rotatable bonds is 3. The summed E-state index contributed by atoms with van der Waals surface area (Å²) in [6, 6.07) is 9.84. The Morgan fingerprint density at radius 2 is 1.94 bits per heavy atom. The van der Waals surface area contributed by atoms with Crippen LogP contribution in [0.25, 0.3) is 0 Å². The zero-order valence-electron chi connectivity index (χ0n) is 9.99. The zero-order valence-corrected chi connectivity index (χ0v) is 9.99. The standard InChI is InChI=1S/C12H17BNO2/c1-12(2,3)16-11(15)14-9-13-10-7-5-4-6-8-10/h4-8H,9H2,1-3H3,(H,14,15). The Bertz CT molecular complexity index is 333. The SMILES string of the molecule is CC(C)(C)OC(=O)NC[B]c1ccccc1. The summed E-state index contributed by atoms with van der Waals surface area (Å²) in [5, 5.41) is 2.67. The van der Waals surface area contributed by atoms with Gasteiger partial charge < -0.3 is 10.1 Å². The quantitative estimate of drug-likeness (QED) is 0.780. The predicted octanol–water partition coefficient (Wildman–Crippen LogP) is 1.50. The third-order valence-corrected chi connectivity index (χ3v) is 1.78. The first-order valence-electron chi connectivity index (χ1n) is 5.32. The van der Waals surface area contributed by atoms with Gasteiger partial charge in [-0.25, -0.2) is 4.79 Å². The van der Waals surface area contributed by atoms with Crippen molar-refractivity contribution in [2.24, 2.45) is 0 Å². The van der Waals surface area contributed by atoms with Crippen LogP contribution < -0.4 is 10.8 Å². The fraction of sp³-hybridized carbons (Fsp3) is 0.417. The van der Waals surface area contributed by atoms with E-state index in [1.807, 2.05) is 58.4 Å². The molecule has 0 aliphatic heterocycles. The Hall–Kier alpha value is -1.45. The van der Waals surface area contributed by atoms with Crippen LogP contribution in [0, 0.1) is 0 Å². The number of alkyl carbamates (subject to hydrolysis) is 1. The average molecular weight is 218 g/mol. The lowest BCUT2D eigenvalue weighted by molar-refractivity contribution is 0.0537. The van der Waals surface area contributed by atoms with Gasteiger partial charge in [0.1, 0.15) is 5.60 Å². The van der Waals surface area contributed by atoms with Crippen molar-refractivity contribution in [1.29, 1.82) is 0 Å². The van der Waals surface area contributed by atoms with Gasteiger partial charge in [-0.15, -0.1) is 0 Å². The second-order valence-corrected chi connectivity index (χ2v) is 4.50. The highest BCUT2D eigenvalue weighted by atomic mass is 16.6. The first-order valence-corrected chi connectivity index (χ1v) is 5.32. The van der Waals surface area contributed by atoms with Crippen molar-refractivity contribution >= 4 is 18.8 Å². The van der Waals surface area contributed by atoms with E-state index in [0.717, 1.165) is 5.46 Å². The summed E-state index contributed by atoms with van der Waals surface area (Å²) in [5.74, 6) is 0. The van der Waals surface area contributed by atoms with Gasteiger partial charge in [0.05, 0.1) is 0 Å². The van der Waals surface area contributed by atoms with Gasteiger partial charge in [-0.2, -0.15) is 0 Å². The molecule has 0 heterocycles. The van der Waals surface area contributed by atoms with E-state index >= 15 is 0 Å². The smallest absolute Gasteiger partial charge is 0.406 e. The van der Waals surface area contributed by atoms with Gasteiger partial charge in [-0.1, -0.05) is 35.8 Å². The molecular weight excluding hydrogens is 201 g/mol. The fourth-order valence-electron chi connectivity index (χ4n) is 1.16. The molecule has 3 nitrogen and oxygen atoms in total. The van der Waals surface area contributed by atoms with E-state index in [1.54, 1.807) is 0 Å². The van der Waals surface area contributed by atoms with Gasteiger partial charge in [0.25, 0.3) is 0 Å². The number of benzene rings is 1. The van der Waals surface area contributed by atoms with Crippen LogP contribution in [0.15, 0.2) is 30.3 Å². The molecule has 0 fully saturated rings. The summed E-state index contributed by atoms with van der Waals surface area (Å²) in [6.45, 7) is 5.52. The average Bonchev–Trinajstić information content (AvgIpc) is 2.16. The lowest BCUT2D eigenvalue weighted by Gasteiger charge is -2.19. The molecule has 1 radical (unpaired) electrons. The lowest BCUT2D eigenvalue weighted by Crippen LogP contribution is -2.37. The maximum absolute atomic E-state index is 11.3. The van der Waals surface area contributed by atoms with Gasteiger partial charge >= 0.3 is 6.09 Å². The van der Waals surface area contributed by atoms with Gasteiger partial charge in [0, 0.05) is 0 Å².